The number of carbonyl (C=O) groups is 5. The first-order valence-corrected chi connectivity index (χ1v) is 6.82. The molecule has 8 nitrogen and oxygen atoms in total. The van der Waals surface area contributed by atoms with Gasteiger partial charge < -0.3 is 14.2 Å². The van der Waals surface area contributed by atoms with Crippen molar-refractivity contribution in [2.75, 3.05) is 6.61 Å². The van der Waals surface area contributed by atoms with Crippen LogP contribution in [0.15, 0.2) is 12.2 Å². The van der Waals surface area contributed by atoms with Crippen molar-refractivity contribution < 1.29 is 38.2 Å². The molecule has 0 aromatic heterocycles. The van der Waals surface area contributed by atoms with Crippen LogP contribution in [0.4, 0.5) is 0 Å². The van der Waals surface area contributed by atoms with E-state index in [1.165, 1.54) is 20.8 Å². The van der Waals surface area contributed by atoms with Crippen molar-refractivity contribution in [3.8, 4) is 0 Å². The van der Waals surface area contributed by atoms with Crippen molar-refractivity contribution >= 4 is 29.5 Å². The molecule has 0 aromatic rings. The highest BCUT2D eigenvalue weighted by atomic mass is 16.7. The minimum atomic E-state index is -1.35. The number of esters is 3. The van der Waals surface area contributed by atoms with E-state index in [9.17, 15) is 24.0 Å². The molecule has 0 unspecified atom stereocenters. The molecule has 0 atom stereocenters. The molecule has 0 aliphatic heterocycles. The highest BCUT2D eigenvalue weighted by Crippen LogP contribution is 2.07. The van der Waals surface area contributed by atoms with Gasteiger partial charge in [0.05, 0.1) is 13.0 Å². The molecule has 0 heterocycles. The Labute approximate surface area is 133 Å². The fourth-order valence-electron chi connectivity index (χ4n) is 1.30. The number of ketones is 2. The molecule has 0 aromatic carbocycles. The molecule has 0 rings (SSSR count). The summed E-state index contributed by atoms with van der Waals surface area (Å²) in [4.78, 5) is 55.8. The Bertz CT molecular complexity index is 476. The van der Waals surface area contributed by atoms with E-state index in [4.69, 9.17) is 14.2 Å². The maximum Gasteiger partial charge on any atom is 0.333 e. The van der Waals surface area contributed by atoms with Gasteiger partial charge in [-0.2, -0.15) is 0 Å². The van der Waals surface area contributed by atoms with Gasteiger partial charge in [0.1, 0.15) is 24.4 Å². The fraction of sp³-hybridized carbons (Fsp3) is 0.533. The summed E-state index contributed by atoms with van der Waals surface area (Å²) >= 11 is 0. The molecule has 0 aliphatic rings. The summed E-state index contributed by atoms with van der Waals surface area (Å²) in [6.45, 7) is 7.06. The highest BCUT2D eigenvalue weighted by molar-refractivity contribution is 5.95. The first kappa shape index (κ1) is 20.5. The monoisotopic (exact) mass is 328 g/mol. The van der Waals surface area contributed by atoms with Crippen molar-refractivity contribution in [2.45, 2.75) is 46.3 Å². The zero-order valence-electron chi connectivity index (χ0n) is 13.4. The van der Waals surface area contributed by atoms with Gasteiger partial charge in [0, 0.05) is 5.57 Å². The second kappa shape index (κ2) is 10.3. The number of ether oxygens (including phenoxy) is 3. The smallest absolute Gasteiger partial charge is 0.333 e. The number of carbonyl (C=O) groups excluding carboxylic acids is 5. The van der Waals surface area contributed by atoms with Gasteiger partial charge in [0.15, 0.2) is 0 Å². The molecule has 0 aliphatic carbocycles. The molecule has 0 spiro atoms. The van der Waals surface area contributed by atoms with Gasteiger partial charge >= 0.3 is 17.9 Å². The molecule has 0 N–H and O–H groups in total. The largest absolute Gasteiger partial charge is 0.462 e. The quantitative estimate of drug-likeness (QED) is 0.251. The lowest BCUT2D eigenvalue weighted by atomic mass is 10.3. The maximum atomic E-state index is 11.4. The van der Waals surface area contributed by atoms with Gasteiger partial charge in [-0.05, 0) is 20.8 Å². The van der Waals surface area contributed by atoms with Crippen molar-refractivity contribution in [1.82, 2.24) is 0 Å². The highest BCUT2D eigenvalue weighted by Gasteiger charge is 2.21. The summed E-state index contributed by atoms with van der Waals surface area (Å²) in [7, 11) is 0. The van der Waals surface area contributed by atoms with Crippen LogP contribution in [-0.4, -0.2) is 42.4 Å². The van der Waals surface area contributed by atoms with Crippen LogP contribution in [0.1, 0.15) is 40.0 Å². The second-order valence-electron chi connectivity index (χ2n) is 4.87. The molecule has 0 radical (unpaired) electrons. The second-order valence-corrected chi connectivity index (χ2v) is 4.87. The third kappa shape index (κ3) is 10.8. The van der Waals surface area contributed by atoms with Crippen LogP contribution in [0, 0.1) is 0 Å². The normalized spacial score (nSPS) is 9.91. The predicted octanol–water partition coefficient (Wildman–Crippen LogP) is 0.866. The third-order valence-corrected chi connectivity index (χ3v) is 2.25. The predicted molar refractivity (Wildman–Crippen MR) is 77.0 cm³/mol. The lowest BCUT2D eigenvalue weighted by Gasteiger charge is -2.18. The summed E-state index contributed by atoms with van der Waals surface area (Å²) in [5.74, 6) is -3.25. The average Bonchev–Trinajstić information content (AvgIpc) is 2.35. The topological polar surface area (TPSA) is 113 Å². The Balaban J connectivity index is 4.59. The zero-order valence-corrected chi connectivity index (χ0v) is 13.4. The summed E-state index contributed by atoms with van der Waals surface area (Å²) in [5, 5.41) is 0. The van der Waals surface area contributed by atoms with Crippen LogP contribution in [0.25, 0.3) is 0 Å². The van der Waals surface area contributed by atoms with Crippen LogP contribution >= 0.6 is 0 Å². The minimum absolute atomic E-state index is 0.133. The molecular weight excluding hydrogens is 308 g/mol. The van der Waals surface area contributed by atoms with E-state index in [0.717, 1.165) is 0 Å². The first-order valence-electron chi connectivity index (χ1n) is 6.82. The maximum absolute atomic E-state index is 11.4. The van der Waals surface area contributed by atoms with Gasteiger partial charge in [0.2, 0.25) is 0 Å². The van der Waals surface area contributed by atoms with Gasteiger partial charge in [0.25, 0.3) is 6.29 Å². The molecule has 8 heteroatoms. The third-order valence-electron chi connectivity index (χ3n) is 2.25. The Morgan fingerprint density at radius 3 is 1.65 bits per heavy atom. The van der Waals surface area contributed by atoms with E-state index >= 15 is 0 Å². The molecule has 0 bridgehead atoms. The summed E-state index contributed by atoms with van der Waals surface area (Å²) < 4.78 is 14.5. The molecular formula is C15H20O8. The number of Topliss-reactive ketones (excluding diaryl/α,β-unsaturated/α-hetero) is 2. The SMILES string of the molecule is C=C(C)C(=O)OCCC(OC(=O)CC(C)=O)OC(=O)CC(C)=O. The average molecular weight is 328 g/mol. The number of hydrogen-bond donors (Lipinski definition) is 0. The Hall–Kier alpha value is -2.51. The molecule has 0 saturated heterocycles. The molecule has 0 saturated carbocycles. The van der Waals surface area contributed by atoms with Crippen LogP contribution in [0.5, 0.6) is 0 Å². The lowest BCUT2D eigenvalue weighted by molar-refractivity contribution is -0.190. The zero-order chi connectivity index (χ0) is 18.0. The molecule has 0 amide bonds. The minimum Gasteiger partial charge on any atom is -0.462 e. The Morgan fingerprint density at radius 1 is 0.870 bits per heavy atom. The molecule has 0 fully saturated rings. The Morgan fingerprint density at radius 2 is 1.30 bits per heavy atom. The van der Waals surface area contributed by atoms with Crippen LogP contribution in [0.3, 0.4) is 0 Å². The van der Waals surface area contributed by atoms with Crippen LogP contribution in [-0.2, 0) is 38.2 Å². The number of rotatable bonds is 10. The van der Waals surface area contributed by atoms with E-state index in [1.54, 1.807) is 0 Å². The van der Waals surface area contributed by atoms with Crippen molar-refractivity contribution in [3.05, 3.63) is 12.2 Å². The van der Waals surface area contributed by atoms with E-state index < -0.39 is 48.6 Å². The van der Waals surface area contributed by atoms with Crippen molar-refractivity contribution in [2.24, 2.45) is 0 Å². The fourth-order valence-corrected chi connectivity index (χ4v) is 1.30. The van der Waals surface area contributed by atoms with Gasteiger partial charge in [-0.1, -0.05) is 6.58 Å². The van der Waals surface area contributed by atoms with Crippen LogP contribution in [0.2, 0.25) is 0 Å². The van der Waals surface area contributed by atoms with Gasteiger partial charge in [-0.3, -0.25) is 19.2 Å². The van der Waals surface area contributed by atoms with Crippen LogP contribution < -0.4 is 0 Å². The van der Waals surface area contributed by atoms with E-state index in [1.807, 2.05) is 0 Å². The first-order chi connectivity index (χ1) is 10.6. The Kier molecular flexibility index (Phi) is 9.14. The molecule has 128 valence electrons. The van der Waals surface area contributed by atoms with E-state index in [0.29, 0.717) is 0 Å². The van der Waals surface area contributed by atoms with Gasteiger partial charge in [-0.25, -0.2) is 4.79 Å². The van der Waals surface area contributed by atoms with E-state index in [-0.39, 0.29) is 18.6 Å². The lowest BCUT2D eigenvalue weighted by Crippen LogP contribution is -2.28. The van der Waals surface area contributed by atoms with E-state index in [2.05, 4.69) is 6.58 Å². The number of hydrogen-bond acceptors (Lipinski definition) is 8. The standard InChI is InChI=1S/C15H20O8/c1-9(2)15(20)21-6-5-14(22-12(18)7-10(3)16)23-13(19)8-11(4)17/h14H,1,5-8H2,2-4H3. The van der Waals surface area contributed by atoms with Crippen molar-refractivity contribution in [1.29, 1.82) is 0 Å². The summed E-state index contributed by atoms with van der Waals surface area (Å²) in [5.41, 5.74) is 0.184. The molecule has 23 heavy (non-hydrogen) atoms. The summed E-state index contributed by atoms with van der Waals surface area (Å²) in [6, 6.07) is 0. The van der Waals surface area contributed by atoms with Gasteiger partial charge in [-0.15, -0.1) is 0 Å². The summed E-state index contributed by atoms with van der Waals surface area (Å²) in [6.07, 6.45) is -2.45. The van der Waals surface area contributed by atoms with Crippen molar-refractivity contribution in [3.63, 3.8) is 0 Å².